The minimum Gasteiger partial charge on any atom is -0.465 e. The first kappa shape index (κ1) is 15.9. The Hall–Kier alpha value is -2.48. The number of hydrogen-bond donors (Lipinski definition) is 0. The number of aryl methyl sites for hydroxylation is 1. The quantitative estimate of drug-likeness (QED) is 0.476. The van der Waals surface area contributed by atoms with Gasteiger partial charge in [-0.3, -0.25) is 10.1 Å². The van der Waals surface area contributed by atoms with E-state index < -0.39 is 36.6 Å². The van der Waals surface area contributed by atoms with E-state index in [1.807, 2.05) is 0 Å². The number of allylic oxidation sites excluding steroid dienone is 2. The van der Waals surface area contributed by atoms with Crippen molar-refractivity contribution in [3.63, 3.8) is 0 Å². The summed E-state index contributed by atoms with van der Waals surface area (Å²) in [4.78, 5) is 21.6. The Morgan fingerprint density at radius 1 is 1.27 bits per heavy atom. The molecule has 0 spiro atoms. The van der Waals surface area contributed by atoms with Crippen LogP contribution >= 0.6 is 0 Å². The van der Waals surface area contributed by atoms with Gasteiger partial charge in [0, 0.05) is 6.07 Å². The van der Waals surface area contributed by atoms with E-state index in [0.717, 1.165) is 19.2 Å². The van der Waals surface area contributed by atoms with Crippen LogP contribution in [0.2, 0.25) is 0 Å². The minimum atomic E-state index is -3.95. The number of methoxy groups -OCH3 is 1. The SMILES string of the molecule is COC(=O)c1cc([N+](=O)[O-])c(S(=O)(=O)C2C=CC=C2)cc1C. The summed E-state index contributed by atoms with van der Waals surface area (Å²) in [5.74, 6) is -0.759. The third-order valence-corrected chi connectivity index (χ3v) is 5.26. The predicted molar refractivity (Wildman–Crippen MR) is 78.4 cm³/mol. The van der Waals surface area contributed by atoms with Gasteiger partial charge in [0.15, 0.2) is 9.84 Å². The molecule has 7 nitrogen and oxygen atoms in total. The molecule has 0 radical (unpaired) electrons. The van der Waals surface area contributed by atoms with E-state index in [1.54, 1.807) is 12.2 Å². The van der Waals surface area contributed by atoms with Gasteiger partial charge in [-0.25, -0.2) is 13.2 Å². The van der Waals surface area contributed by atoms with Gasteiger partial charge in [-0.1, -0.05) is 24.3 Å². The zero-order chi connectivity index (χ0) is 16.5. The summed E-state index contributed by atoms with van der Waals surface area (Å²) in [5.41, 5.74) is -0.382. The van der Waals surface area contributed by atoms with Crippen molar-refractivity contribution >= 4 is 21.5 Å². The number of nitro benzene ring substituents is 1. The highest BCUT2D eigenvalue weighted by Gasteiger charge is 2.33. The van der Waals surface area contributed by atoms with E-state index in [1.165, 1.54) is 19.1 Å². The first-order chi connectivity index (χ1) is 10.3. The number of ether oxygens (including phenoxy) is 1. The highest BCUT2D eigenvalue weighted by molar-refractivity contribution is 7.92. The number of hydrogen-bond acceptors (Lipinski definition) is 6. The molecular formula is C14H13NO6S. The molecule has 0 amide bonds. The highest BCUT2D eigenvalue weighted by Crippen LogP contribution is 2.32. The third kappa shape index (κ3) is 2.64. The molecule has 0 aromatic heterocycles. The van der Waals surface area contributed by atoms with Crippen molar-refractivity contribution in [2.75, 3.05) is 7.11 Å². The lowest BCUT2D eigenvalue weighted by Gasteiger charge is -2.11. The minimum absolute atomic E-state index is 0.0364. The Morgan fingerprint density at radius 2 is 1.86 bits per heavy atom. The lowest BCUT2D eigenvalue weighted by atomic mass is 10.1. The van der Waals surface area contributed by atoms with Crippen molar-refractivity contribution in [3.05, 3.63) is 57.7 Å². The summed E-state index contributed by atoms with van der Waals surface area (Å²) in [6, 6.07) is 2.08. The molecule has 1 aliphatic carbocycles. The largest absolute Gasteiger partial charge is 0.465 e. The lowest BCUT2D eigenvalue weighted by Crippen LogP contribution is -2.18. The molecule has 1 aromatic rings. The third-order valence-electron chi connectivity index (χ3n) is 3.29. The number of sulfone groups is 1. The van der Waals surface area contributed by atoms with Gasteiger partial charge < -0.3 is 4.74 Å². The molecule has 2 rings (SSSR count). The normalized spacial score (nSPS) is 14.3. The fraction of sp³-hybridized carbons (Fsp3) is 0.214. The Balaban J connectivity index is 2.68. The maximum absolute atomic E-state index is 12.5. The number of rotatable bonds is 4. The second kappa shape index (κ2) is 5.72. The van der Waals surface area contributed by atoms with Crippen molar-refractivity contribution in [2.45, 2.75) is 17.1 Å². The smallest absolute Gasteiger partial charge is 0.338 e. The van der Waals surface area contributed by atoms with Crippen LogP contribution < -0.4 is 0 Å². The first-order valence-corrected chi connectivity index (χ1v) is 7.80. The lowest BCUT2D eigenvalue weighted by molar-refractivity contribution is -0.387. The number of carbonyl (C=O) groups excluding carboxylic acids is 1. The predicted octanol–water partition coefficient (Wildman–Crippen LogP) is 1.96. The number of benzene rings is 1. The van der Waals surface area contributed by atoms with E-state index in [0.29, 0.717) is 5.56 Å². The Labute approximate surface area is 127 Å². The van der Waals surface area contributed by atoms with E-state index in [-0.39, 0.29) is 5.56 Å². The van der Waals surface area contributed by atoms with Crippen molar-refractivity contribution in [3.8, 4) is 0 Å². The van der Waals surface area contributed by atoms with E-state index >= 15 is 0 Å². The Morgan fingerprint density at radius 3 is 2.36 bits per heavy atom. The van der Waals surface area contributed by atoms with Crippen molar-refractivity contribution in [1.29, 1.82) is 0 Å². The van der Waals surface area contributed by atoms with Crippen LogP contribution in [0.5, 0.6) is 0 Å². The monoisotopic (exact) mass is 323 g/mol. The molecule has 0 fully saturated rings. The number of nitro groups is 1. The maximum atomic E-state index is 12.5. The summed E-state index contributed by atoms with van der Waals surface area (Å²) in [5, 5.41) is 10.3. The van der Waals surface area contributed by atoms with Gasteiger partial charge >= 0.3 is 5.97 Å². The van der Waals surface area contributed by atoms with E-state index in [9.17, 15) is 23.3 Å². The summed E-state index contributed by atoms with van der Waals surface area (Å²) in [6.07, 6.45) is 5.98. The molecule has 1 aliphatic rings. The van der Waals surface area contributed by atoms with Crippen LogP contribution in [0.3, 0.4) is 0 Å². The van der Waals surface area contributed by atoms with Crippen molar-refractivity contribution < 1.29 is 22.9 Å². The molecule has 0 heterocycles. The van der Waals surface area contributed by atoms with Crippen LogP contribution in [0.25, 0.3) is 0 Å². The maximum Gasteiger partial charge on any atom is 0.338 e. The molecule has 22 heavy (non-hydrogen) atoms. The molecule has 0 saturated carbocycles. The number of esters is 1. The number of nitrogens with zero attached hydrogens (tertiary/aromatic N) is 1. The van der Waals surface area contributed by atoms with Crippen molar-refractivity contribution in [1.82, 2.24) is 0 Å². The molecule has 0 aliphatic heterocycles. The first-order valence-electron chi connectivity index (χ1n) is 6.25. The zero-order valence-electron chi connectivity index (χ0n) is 11.8. The molecule has 1 aromatic carbocycles. The molecule has 0 N–H and O–H groups in total. The standard InChI is InChI=1S/C14H13NO6S/c1-9-7-13(22(19,20)10-5-3-4-6-10)12(15(17)18)8-11(9)14(16)21-2/h3-8,10H,1-2H3. The Kier molecular flexibility index (Phi) is 4.14. The fourth-order valence-electron chi connectivity index (χ4n) is 2.14. The van der Waals surface area contributed by atoms with Gasteiger partial charge in [0.05, 0.1) is 17.6 Å². The molecular weight excluding hydrogens is 310 g/mol. The molecule has 0 atom stereocenters. The van der Waals surface area contributed by atoms with Gasteiger partial charge in [0.1, 0.15) is 10.1 Å². The fourth-order valence-corrected chi connectivity index (χ4v) is 3.79. The van der Waals surface area contributed by atoms with Gasteiger partial charge in [-0.15, -0.1) is 0 Å². The van der Waals surface area contributed by atoms with Gasteiger partial charge in [-0.2, -0.15) is 0 Å². The van der Waals surface area contributed by atoms with Gasteiger partial charge in [-0.05, 0) is 18.6 Å². The van der Waals surface area contributed by atoms with Crippen LogP contribution in [-0.4, -0.2) is 31.7 Å². The van der Waals surface area contributed by atoms with Crippen LogP contribution in [0.15, 0.2) is 41.3 Å². The van der Waals surface area contributed by atoms with Crippen LogP contribution in [-0.2, 0) is 14.6 Å². The van der Waals surface area contributed by atoms with Gasteiger partial charge in [0.25, 0.3) is 5.69 Å². The van der Waals surface area contributed by atoms with Crippen LogP contribution in [0, 0.1) is 17.0 Å². The number of carbonyl (C=O) groups is 1. The average molecular weight is 323 g/mol. The van der Waals surface area contributed by atoms with Crippen molar-refractivity contribution in [2.24, 2.45) is 0 Å². The molecule has 8 heteroatoms. The summed E-state index contributed by atoms with van der Waals surface area (Å²) in [6.45, 7) is 1.50. The second-order valence-electron chi connectivity index (χ2n) is 4.66. The summed E-state index contributed by atoms with van der Waals surface area (Å²) < 4.78 is 29.6. The van der Waals surface area contributed by atoms with Crippen LogP contribution in [0.1, 0.15) is 15.9 Å². The molecule has 0 bridgehead atoms. The highest BCUT2D eigenvalue weighted by atomic mass is 32.2. The molecule has 0 saturated heterocycles. The zero-order valence-corrected chi connectivity index (χ0v) is 12.7. The average Bonchev–Trinajstić information content (AvgIpc) is 3.00. The Bertz CT molecular complexity index is 795. The topological polar surface area (TPSA) is 104 Å². The van der Waals surface area contributed by atoms with Crippen LogP contribution in [0.4, 0.5) is 5.69 Å². The molecule has 116 valence electrons. The van der Waals surface area contributed by atoms with E-state index in [4.69, 9.17) is 0 Å². The summed E-state index contributed by atoms with van der Waals surface area (Å²) in [7, 11) is -2.81. The summed E-state index contributed by atoms with van der Waals surface area (Å²) >= 11 is 0. The van der Waals surface area contributed by atoms with E-state index in [2.05, 4.69) is 4.74 Å². The van der Waals surface area contributed by atoms with Gasteiger partial charge in [0.2, 0.25) is 0 Å². The molecule has 0 unspecified atom stereocenters. The second-order valence-corrected chi connectivity index (χ2v) is 6.74.